The lowest BCUT2D eigenvalue weighted by molar-refractivity contribution is 0.304. The molecule has 0 radical (unpaired) electrons. The van der Waals surface area contributed by atoms with Gasteiger partial charge in [0.1, 0.15) is 5.75 Å². The molecule has 0 atom stereocenters. The Morgan fingerprint density at radius 2 is 1.14 bits per heavy atom. The van der Waals surface area contributed by atoms with Crippen molar-refractivity contribution in [2.75, 3.05) is 6.61 Å². The summed E-state index contributed by atoms with van der Waals surface area (Å²) in [5.74, 6) is 0.943. The first kappa shape index (κ1) is 26.3. The van der Waals surface area contributed by atoms with Crippen LogP contribution >= 0.6 is 31.9 Å². The normalized spacial score (nSPS) is 13.3. The Morgan fingerprint density at radius 3 is 1.70 bits per heavy atom. The van der Waals surface area contributed by atoms with Crippen LogP contribution in [0, 0.1) is 6.92 Å². The van der Waals surface area contributed by atoms with Crippen LogP contribution in [0.1, 0.15) is 73.3 Å². The molecule has 0 saturated carbocycles. The van der Waals surface area contributed by atoms with Crippen molar-refractivity contribution in [1.29, 1.82) is 0 Å². The summed E-state index contributed by atoms with van der Waals surface area (Å²) in [6.45, 7) is 5.19. The minimum atomic E-state index is -0.413. The monoisotopic (exact) mass is 616 g/mol. The van der Waals surface area contributed by atoms with Crippen molar-refractivity contribution in [2.24, 2.45) is 0 Å². The Morgan fingerprint density at radius 1 is 0.622 bits per heavy atom. The zero-order chi connectivity index (χ0) is 25.8. The highest BCUT2D eigenvalue weighted by molar-refractivity contribution is 9.10. The van der Waals surface area contributed by atoms with Gasteiger partial charge in [0.15, 0.2) is 0 Å². The molecule has 0 amide bonds. The van der Waals surface area contributed by atoms with Crippen LogP contribution < -0.4 is 4.74 Å². The van der Waals surface area contributed by atoms with Crippen molar-refractivity contribution in [2.45, 2.75) is 57.8 Å². The van der Waals surface area contributed by atoms with Gasteiger partial charge in [-0.1, -0.05) is 125 Å². The van der Waals surface area contributed by atoms with Gasteiger partial charge in [-0.3, -0.25) is 0 Å². The third kappa shape index (κ3) is 5.18. The van der Waals surface area contributed by atoms with Gasteiger partial charge in [-0.05, 0) is 83.1 Å². The van der Waals surface area contributed by atoms with E-state index in [4.69, 9.17) is 4.74 Å². The molecular formula is C34H34Br2O. The first-order chi connectivity index (χ1) is 18.0. The average molecular weight is 618 g/mol. The van der Waals surface area contributed by atoms with Crippen LogP contribution in [0.2, 0.25) is 0 Å². The zero-order valence-electron chi connectivity index (χ0n) is 21.7. The molecule has 4 aromatic rings. The maximum atomic E-state index is 6.15. The number of benzene rings is 4. The molecular weight excluding hydrogens is 584 g/mol. The Balaban J connectivity index is 1.55. The highest BCUT2D eigenvalue weighted by atomic mass is 79.9. The molecule has 1 aliphatic rings. The number of halogens is 2. The largest absolute Gasteiger partial charge is 0.494 e. The highest BCUT2D eigenvalue weighted by Crippen LogP contribution is 2.57. The predicted octanol–water partition coefficient (Wildman–Crippen LogP) is 10.6. The third-order valence-electron chi connectivity index (χ3n) is 7.60. The van der Waals surface area contributed by atoms with E-state index in [-0.39, 0.29) is 0 Å². The van der Waals surface area contributed by atoms with E-state index in [0.29, 0.717) is 0 Å². The summed E-state index contributed by atoms with van der Waals surface area (Å²) >= 11 is 7.54. The van der Waals surface area contributed by atoms with Crippen LogP contribution in [0.3, 0.4) is 0 Å². The third-order valence-corrected chi connectivity index (χ3v) is 8.59. The van der Waals surface area contributed by atoms with Gasteiger partial charge in [0.05, 0.1) is 12.0 Å². The van der Waals surface area contributed by atoms with Crippen molar-refractivity contribution < 1.29 is 4.74 Å². The lowest BCUT2D eigenvalue weighted by Gasteiger charge is -2.34. The van der Waals surface area contributed by atoms with Crippen molar-refractivity contribution in [3.63, 3.8) is 0 Å². The van der Waals surface area contributed by atoms with E-state index in [1.165, 1.54) is 71.0 Å². The molecule has 0 heterocycles. The molecule has 1 aliphatic carbocycles. The fraction of sp³-hybridized carbons (Fsp3) is 0.294. The fourth-order valence-electron chi connectivity index (χ4n) is 5.73. The van der Waals surface area contributed by atoms with E-state index in [1.807, 2.05) is 0 Å². The summed E-state index contributed by atoms with van der Waals surface area (Å²) in [6, 6.07) is 31.2. The highest BCUT2D eigenvalue weighted by Gasteiger charge is 2.46. The van der Waals surface area contributed by atoms with Gasteiger partial charge in [-0.15, -0.1) is 0 Å². The molecule has 0 fully saturated rings. The van der Waals surface area contributed by atoms with Crippen LogP contribution in [-0.2, 0) is 5.41 Å². The second-order valence-electron chi connectivity index (χ2n) is 10.1. The van der Waals surface area contributed by atoms with E-state index in [0.717, 1.165) is 27.7 Å². The van der Waals surface area contributed by atoms with E-state index >= 15 is 0 Å². The maximum Gasteiger partial charge on any atom is 0.119 e. The standard InChI is InChI=1S/C34H34Br2O/c1-3-4-5-6-7-8-21-37-29-17-13-26(14-18-29)34(25-11-9-24(2)10-12-25)32-22-27(35)15-19-30(32)31-20-16-28(36)23-33(31)34/h9-20,22-23H,3-8,21H2,1-2H3. The number of hydrogen-bond acceptors (Lipinski definition) is 1. The van der Waals surface area contributed by atoms with Crippen LogP contribution in [0.5, 0.6) is 5.75 Å². The van der Waals surface area contributed by atoms with Gasteiger partial charge < -0.3 is 4.74 Å². The number of rotatable bonds is 10. The van der Waals surface area contributed by atoms with E-state index < -0.39 is 5.41 Å². The van der Waals surface area contributed by atoms with Crippen molar-refractivity contribution in [3.8, 4) is 16.9 Å². The Labute approximate surface area is 238 Å². The van der Waals surface area contributed by atoms with Gasteiger partial charge in [0.25, 0.3) is 0 Å². The van der Waals surface area contributed by atoms with Gasteiger partial charge in [-0.25, -0.2) is 0 Å². The van der Waals surface area contributed by atoms with Gasteiger partial charge >= 0.3 is 0 Å². The predicted molar refractivity (Wildman–Crippen MR) is 163 cm³/mol. The second-order valence-corrected chi connectivity index (χ2v) is 12.0. The quantitative estimate of drug-likeness (QED) is 0.142. The van der Waals surface area contributed by atoms with Gasteiger partial charge in [-0.2, -0.15) is 0 Å². The molecule has 0 aromatic heterocycles. The summed E-state index contributed by atoms with van der Waals surface area (Å²) in [6.07, 6.45) is 7.62. The smallest absolute Gasteiger partial charge is 0.119 e. The molecule has 0 N–H and O–H groups in total. The van der Waals surface area contributed by atoms with Crippen molar-refractivity contribution >= 4 is 31.9 Å². The summed E-state index contributed by atoms with van der Waals surface area (Å²) in [5.41, 5.74) is 8.56. The molecule has 0 spiro atoms. The Bertz CT molecular complexity index is 1300. The van der Waals surface area contributed by atoms with Crippen molar-refractivity contribution in [3.05, 3.63) is 122 Å². The molecule has 0 saturated heterocycles. The minimum absolute atomic E-state index is 0.413. The van der Waals surface area contributed by atoms with Gasteiger partial charge in [0.2, 0.25) is 0 Å². The number of unbranched alkanes of at least 4 members (excludes halogenated alkanes) is 5. The molecule has 0 bridgehead atoms. The van der Waals surface area contributed by atoms with Crippen LogP contribution in [-0.4, -0.2) is 6.61 Å². The Kier molecular flexibility index (Phi) is 8.21. The Hall–Kier alpha value is -2.36. The summed E-state index contributed by atoms with van der Waals surface area (Å²) in [5, 5.41) is 0. The molecule has 190 valence electrons. The first-order valence-electron chi connectivity index (χ1n) is 13.4. The molecule has 37 heavy (non-hydrogen) atoms. The zero-order valence-corrected chi connectivity index (χ0v) is 24.9. The number of ether oxygens (including phenoxy) is 1. The lowest BCUT2D eigenvalue weighted by atomic mass is 9.67. The second kappa shape index (κ2) is 11.6. The number of aryl methyl sites for hydroxylation is 1. The van der Waals surface area contributed by atoms with Crippen LogP contribution in [0.4, 0.5) is 0 Å². The maximum absolute atomic E-state index is 6.15. The topological polar surface area (TPSA) is 9.23 Å². The van der Waals surface area contributed by atoms with E-state index in [1.54, 1.807) is 0 Å². The van der Waals surface area contributed by atoms with E-state index in [2.05, 4.69) is 131 Å². The fourth-order valence-corrected chi connectivity index (χ4v) is 6.46. The number of fused-ring (bicyclic) bond motifs is 3. The molecule has 0 aliphatic heterocycles. The van der Waals surface area contributed by atoms with Crippen molar-refractivity contribution in [1.82, 2.24) is 0 Å². The van der Waals surface area contributed by atoms with Crippen LogP contribution in [0.25, 0.3) is 11.1 Å². The van der Waals surface area contributed by atoms with Crippen LogP contribution in [0.15, 0.2) is 93.9 Å². The molecule has 5 rings (SSSR count). The SMILES string of the molecule is CCCCCCCCOc1ccc(C2(c3ccc(C)cc3)c3cc(Br)ccc3-c3ccc(Br)cc32)cc1. The van der Waals surface area contributed by atoms with Gasteiger partial charge in [0, 0.05) is 8.95 Å². The number of hydrogen-bond donors (Lipinski definition) is 0. The summed E-state index contributed by atoms with van der Waals surface area (Å²) < 4.78 is 8.33. The summed E-state index contributed by atoms with van der Waals surface area (Å²) in [7, 11) is 0. The summed E-state index contributed by atoms with van der Waals surface area (Å²) in [4.78, 5) is 0. The molecule has 4 aromatic carbocycles. The lowest BCUT2D eigenvalue weighted by Crippen LogP contribution is -2.28. The first-order valence-corrected chi connectivity index (χ1v) is 15.0. The molecule has 0 unspecified atom stereocenters. The molecule has 1 nitrogen and oxygen atoms in total. The average Bonchev–Trinajstić information content (AvgIpc) is 3.18. The minimum Gasteiger partial charge on any atom is -0.494 e. The molecule has 3 heteroatoms. The van der Waals surface area contributed by atoms with E-state index in [9.17, 15) is 0 Å².